The smallest absolute Gasteiger partial charge is 0.417 e. The van der Waals surface area contributed by atoms with Crippen molar-refractivity contribution in [3.05, 3.63) is 41.9 Å². The quantitative estimate of drug-likeness (QED) is 0.927. The fraction of sp³-hybridized carbons (Fsp3) is 0.308. The maximum Gasteiger partial charge on any atom is 0.417 e. The summed E-state index contributed by atoms with van der Waals surface area (Å²) in [7, 11) is 1.78. The monoisotopic (exact) mass is 270 g/mol. The van der Waals surface area contributed by atoms with E-state index in [2.05, 4.69) is 10.3 Å². The van der Waals surface area contributed by atoms with Crippen LogP contribution < -0.4 is 5.32 Å². The van der Waals surface area contributed by atoms with E-state index in [0.717, 1.165) is 6.07 Å². The van der Waals surface area contributed by atoms with Crippen molar-refractivity contribution in [2.45, 2.75) is 12.6 Å². The van der Waals surface area contributed by atoms with Gasteiger partial charge in [0.1, 0.15) is 0 Å². The van der Waals surface area contributed by atoms with Gasteiger partial charge in [-0.25, -0.2) is 4.98 Å². The number of alkyl halides is 3. The Labute approximate surface area is 108 Å². The average molecular weight is 270 g/mol. The van der Waals surface area contributed by atoms with E-state index in [1.165, 1.54) is 18.3 Å². The first kappa shape index (κ1) is 13.6. The van der Waals surface area contributed by atoms with Crippen LogP contribution in [0.25, 0.3) is 11.3 Å². The van der Waals surface area contributed by atoms with Gasteiger partial charge in [0.05, 0.1) is 11.8 Å². The molecule has 0 aliphatic rings. The molecule has 0 bridgehead atoms. The summed E-state index contributed by atoms with van der Waals surface area (Å²) >= 11 is 0. The number of nitrogens with zero attached hydrogens (tertiary/aromatic N) is 1. The predicted molar refractivity (Wildman–Crippen MR) is 64.6 cm³/mol. The molecule has 1 heterocycles. The summed E-state index contributed by atoms with van der Waals surface area (Å²) in [6.45, 7) is 0.654. The molecule has 0 saturated carbocycles. The zero-order chi connectivity index (χ0) is 13.9. The van der Waals surface area contributed by atoms with E-state index in [-0.39, 0.29) is 11.3 Å². The molecule has 6 heteroatoms. The second-order valence-corrected chi connectivity index (χ2v) is 4.02. The third-order valence-electron chi connectivity index (χ3n) is 2.64. The van der Waals surface area contributed by atoms with E-state index in [1.54, 1.807) is 13.1 Å². The van der Waals surface area contributed by atoms with Crippen LogP contribution >= 0.6 is 0 Å². The van der Waals surface area contributed by atoms with Gasteiger partial charge >= 0.3 is 6.18 Å². The second kappa shape index (κ2) is 5.44. The second-order valence-electron chi connectivity index (χ2n) is 4.02. The van der Waals surface area contributed by atoms with Crippen LogP contribution in [0.15, 0.2) is 34.9 Å². The molecular weight excluding hydrogens is 257 g/mol. The fourth-order valence-electron chi connectivity index (χ4n) is 1.73. The van der Waals surface area contributed by atoms with Crippen LogP contribution in [0.1, 0.15) is 11.5 Å². The average Bonchev–Trinajstić information content (AvgIpc) is 2.84. The lowest BCUT2D eigenvalue weighted by Gasteiger charge is -2.10. The van der Waals surface area contributed by atoms with Crippen molar-refractivity contribution in [2.75, 3.05) is 13.6 Å². The van der Waals surface area contributed by atoms with Crippen molar-refractivity contribution in [2.24, 2.45) is 0 Å². The van der Waals surface area contributed by atoms with Gasteiger partial charge in [0.25, 0.3) is 0 Å². The standard InChI is InChI=1S/C13H13F3N2O/c1-17-7-6-12-18-8-11(19-12)9-4-2-3-5-10(9)13(14,15)16/h2-5,8,17H,6-7H2,1H3. The molecule has 2 rings (SSSR count). The van der Waals surface area contributed by atoms with Gasteiger partial charge in [-0.1, -0.05) is 18.2 Å². The van der Waals surface area contributed by atoms with Gasteiger partial charge in [-0.3, -0.25) is 0 Å². The van der Waals surface area contributed by atoms with E-state index in [1.807, 2.05) is 0 Å². The molecule has 0 fully saturated rings. The van der Waals surface area contributed by atoms with Gasteiger partial charge in [-0.05, 0) is 13.1 Å². The number of halogens is 3. The van der Waals surface area contributed by atoms with Crippen LogP contribution in [-0.2, 0) is 12.6 Å². The number of hydrogen-bond donors (Lipinski definition) is 1. The van der Waals surface area contributed by atoms with Crippen LogP contribution in [0.5, 0.6) is 0 Å². The summed E-state index contributed by atoms with van der Waals surface area (Å²) in [5.41, 5.74) is -0.704. The predicted octanol–water partition coefficient (Wildman–Crippen LogP) is 3.12. The van der Waals surface area contributed by atoms with Crippen LogP contribution in [0.4, 0.5) is 13.2 Å². The molecule has 0 saturated heterocycles. The number of hydrogen-bond acceptors (Lipinski definition) is 3. The molecule has 0 spiro atoms. The molecule has 1 aromatic heterocycles. The number of rotatable bonds is 4. The Morgan fingerprint density at radius 2 is 2.00 bits per heavy atom. The lowest BCUT2D eigenvalue weighted by molar-refractivity contribution is -0.137. The molecule has 2 aromatic rings. The highest BCUT2D eigenvalue weighted by atomic mass is 19.4. The van der Waals surface area contributed by atoms with Gasteiger partial charge in [0, 0.05) is 18.5 Å². The largest absolute Gasteiger partial charge is 0.441 e. The molecule has 19 heavy (non-hydrogen) atoms. The number of likely N-dealkylation sites (N-methyl/N-ethyl adjacent to an activating group) is 1. The van der Waals surface area contributed by atoms with E-state index in [4.69, 9.17) is 4.42 Å². The lowest BCUT2D eigenvalue weighted by Crippen LogP contribution is -2.10. The van der Waals surface area contributed by atoms with Crippen molar-refractivity contribution >= 4 is 0 Å². The Hall–Kier alpha value is -1.82. The molecule has 0 unspecified atom stereocenters. The number of oxazole rings is 1. The Kier molecular flexibility index (Phi) is 3.90. The van der Waals surface area contributed by atoms with Gasteiger partial charge in [0.15, 0.2) is 11.7 Å². The molecule has 0 amide bonds. The van der Waals surface area contributed by atoms with E-state index < -0.39 is 11.7 Å². The summed E-state index contributed by atoms with van der Waals surface area (Å²) in [4.78, 5) is 3.98. The van der Waals surface area contributed by atoms with Crippen LogP contribution in [0, 0.1) is 0 Å². The maximum atomic E-state index is 12.9. The minimum Gasteiger partial charge on any atom is -0.441 e. The molecule has 1 N–H and O–H groups in total. The Bertz CT molecular complexity index is 549. The van der Waals surface area contributed by atoms with Gasteiger partial charge in [-0.2, -0.15) is 13.2 Å². The molecule has 0 aliphatic heterocycles. The molecule has 102 valence electrons. The Balaban J connectivity index is 2.34. The van der Waals surface area contributed by atoms with Crippen LogP contribution in [-0.4, -0.2) is 18.6 Å². The van der Waals surface area contributed by atoms with Crippen LogP contribution in [0.2, 0.25) is 0 Å². The van der Waals surface area contributed by atoms with Gasteiger partial charge in [0.2, 0.25) is 0 Å². The number of benzene rings is 1. The first-order chi connectivity index (χ1) is 9.02. The van der Waals surface area contributed by atoms with Crippen molar-refractivity contribution in [3.8, 4) is 11.3 Å². The zero-order valence-corrected chi connectivity index (χ0v) is 10.3. The third-order valence-corrected chi connectivity index (χ3v) is 2.64. The molecule has 0 aliphatic carbocycles. The number of nitrogens with one attached hydrogen (secondary N) is 1. The first-order valence-corrected chi connectivity index (χ1v) is 5.78. The lowest BCUT2D eigenvalue weighted by atomic mass is 10.1. The summed E-state index contributed by atoms with van der Waals surface area (Å²) in [6.07, 6.45) is -2.55. The summed E-state index contributed by atoms with van der Waals surface area (Å²) in [6, 6.07) is 5.31. The highest BCUT2D eigenvalue weighted by Crippen LogP contribution is 2.36. The highest BCUT2D eigenvalue weighted by molar-refractivity contribution is 5.62. The van der Waals surface area contributed by atoms with Crippen molar-refractivity contribution in [1.29, 1.82) is 0 Å². The SMILES string of the molecule is CNCCc1ncc(-c2ccccc2C(F)(F)F)o1. The van der Waals surface area contributed by atoms with Gasteiger partial charge < -0.3 is 9.73 Å². The van der Waals surface area contributed by atoms with Crippen molar-refractivity contribution in [1.82, 2.24) is 10.3 Å². The third kappa shape index (κ3) is 3.14. The normalized spacial score (nSPS) is 11.8. The van der Waals surface area contributed by atoms with Crippen molar-refractivity contribution < 1.29 is 17.6 Å². The summed E-state index contributed by atoms with van der Waals surface area (Å²) in [5.74, 6) is 0.556. The Morgan fingerprint density at radius 3 is 2.68 bits per heavy atom. The first-order valence-electron chi connectivity index (χ1n) is 5.78. The topological polar surface area (TPSA) is 38.1 Å². The minimum atomic E-state index is -4.41. The van der Waals surface area contributed by atoms with Crippen LogP contribution in [0.3, 0.4) is 0 Å². The maximum absolute atomic E-state index is 12.9. The van der Waals surface area contributed by atoms with Gasteiger partial charge in [-0.15, -0.1) is 0 Å². The zero-order valence-electron chi connectivity index (χ0n) is 10.3. The fourth-order valence-corrected chi connectivity index (χ4v) is 1.73. The Morgan fingerprint density at radius 1 is 1.26 bits per heavy atom. The van der Waals surface area contributed by atoms with E-state index in [0.29, 0.717) is 18.9 Å². The van der Waals surface area contributed by atoms with E-state index >= 15 is 0 Å². The van der Waals surface area contributed by atoms with E-state index in [9.17, 15) is 13.2 Å². The number of aromatic nitrogens is 1. The molecule has 1 aromatic carbocycles. The molecule has 0 atom stereocenters. The summed E-state index contributed by atoms with van der Waals surface area (Å²) < 4.78 is 44.0. The molecule has 3 nitrogen and oxygen atoms in total. The highest BCUT2D eigenvalue weighted by Gasteiger charge is 2.34. The molecule has 0 radical (unpaired) electrons. The molecular formula is C13H13F3N2O. The minimum absolute atomic E-state index is 0.0122. The summed E-state index contributed by atoms with van der Waals surface area (Å²) in [5, 5.41) is 2.92. The van der Waals surface area contributed by atoms with Crippen molar-refractivity contribution in [3.63, 3.8) is 0 Å².